The molecule has 0 bridgehead atoms. The van der Waals surface area contributed by atoms with Gasteiger partial charge in [0.05, 0.1) is 37.6 Å². The molecule has 1 aromatic carbocycles. The van der Waals surface area contributed by atoms with Gasteiger partial charge in [-0.3, -0.25) is 9.69 Å². The van der Waals surface area contributed by atoms with Gasteiger partial charge in [-0.1, -0.05) is 6.58 Å². The predicted octanol–water partition coefficient (Wildman–Crippen LogP) is 2.31. The molecule has 3 fully saturated rings. The number of aromatic hydroxyl groups is 1. The normalized spacial score (nSPS) is 23.6. The number of aromatic nitrogens is 2. The molecular formula is C31H40N6O4. The van der Waals surface area contributed by atoms with E-state index in [0.29, 0.717) is 63.2 Å². The van der Waals surface area contributed by atoms with Crippen LogP contribution < -0.4 is 14.5 Å². The van der Waals surface area contributed by atoms with Crippen molar-refractivity contribution in [1.29, 1.82) is 0 Å². The van der Waals surface area contributed by atoms with Crippen LogP contribution in [0.3, 0.4) is 0 Å². The first-order valence-electron chi connectivity index (χ1n) is 15.2. The number of likely N-dealkylation sites (tertiary alicyclic amines) is 1. The van der Waals surface area contributed by atoms with E-state index in [2.05, 4.69) is 21.3 Å². The number of anilines is 2. The van der Waals surface area contributed by atoms with Crippen LogP contribution >= 0.6 is 0 Å². The molecule has 2 unspecified atom stereocenters. The summed E-state index contributed by atoms with van der Waals surface area (Å²) < 4.78 is 11.7. The van der Waals surface area contributed by atoms with Gasteiger partial charge in [-0.25, -0.2) is 0 Å². The zero-order chi connectivity index (χ0) is 27.9. The molecule has 1 N–H and O–H groups in total. The summed E-state index contributed by atoms with van der Waals surface area (Å²) in [6, 6.07) is 4.90. The molecule has 1 amide bonds. The Bertz CT molecular complexity index is 1330. The summed E-state index contributed by atoms with van der Waals surface area (Å²) in [5.41, 5.74) is 5.95. The van der Waals surface area contributed by atoms with Crippen LogP contribution in [0, 0.1) is 0 Å². The first-order chi connectivity index (χ1) is 20.1. The molecule has 218 valence electrons. The number of rotatable bonds is 8. The highest BCUT2D eigenvalue weighted by Gasteiger charge is 2.46. The standard InChI is InChI=1S/C31H40N6O4/c1-2-29(39)34-11-13-35(14-12-34)30-24-8-10-37(26-17-22(38)16-21-6-3-4-7-23(21)26)18-25(24)32-31(33-30)40-15-5-9-36-19-28-27(36)20-41-28/h2,16-17,27-28,38H,1,3-15,18-20H2. The Hall–Kier alpha value is -3.37. The maximum absolute atomic E-state index is 12.2. The molecule has 0 saturated carbocycles. The predicted molar refractivity (Wildman–Crippen MR) is 156 cm³/mol. The lowest BCUT2D eigenvalue weighted by molar-refractivity contribution is -0.214. The van der Waals surface area contributed by atoms with Crippen LogP contribution in [-0.2, 0) is 35.3 Å². The molecule has 7 rings (SSSR count). The number of benzene rings is 1. The van der Waals surface area contributed by atoms with Gasteiger partial charge >= 0.3 is 6.01 Å². The smallest absolute Gasteiger partial charge is 0.318 e. The van der Waals surface area contributed by atoms with Crippen molar-refractivity contribution >= 4 is 17.4 Å². The van der Waals surface area contributed by atoms with Gasteiger partial charge in [-0.05, 0) is 61.8 Å². The third-order valence-electron chi connectivity index (χ3n) is 9.47. The Labute approximate surface area is 241 Å². The summed E-state index contributed by atoms with van der Waals surface area (Å²) in [5.74, 6) is 1.25. The Balaban J connectivity index is 1.11. The molecular weight excluding hydrogens is 520 g/mol. The Morgan fingerprint density at radius 2 is 1.93 bits per heavy atom. The number of carbonyl (C=O) groups is 1. The number of piperazine rings is 1. The van der Waals surface area contributed by atoms with Crippen molar-refractivity contribution in [2.75, 3.05) is 68.8 Å². The number of ether oxygens (including phenoxy) is 2. The average Bonchev–Trinajstić information content (AvgIpc) is 2.99. The highest BCUT2D eigenvalue weighted by Crippen LogP contribution is 2.38. The summed E-state index contributed by atoms with van der Waals surface area (Å²) in [4.78, 5) is 31.0. The fraction of sp³-hybridized carbons (Fsp3) is 0.581. The van der Waals surface area contributed by atoms with E-state index in [1.54, 1.807) is 0 Å². The summed E-state index contributed by atoms with van der Waals surface area (Å²) in [5, 5.41) is 10.5. The van der Waals surface area contributed by atoms with Crippen LogP contribution in [0.15, 0.2) is 24.8 Å². The van der Waals surface area contributed by atoms with Crippen molar-refractivity contribution < 1.29 is 19.4 Å². The van der Waals surface area contributed by atoms with Crippen molar-refractivity contribution in [2.45, 2.75) is 57.2 Å². The monoisotopic (exact) mass is 560 g/mol. The second-order valence-corrected chi connectivity index (χ2v) is 11.9. The van der Waals surface area contributed by atoms with E-state index in [0.717, 1.165) is 69.1 Å². The van der Waals surface area contributed by atoms with E-state index in [1.807, 2.05) is 17.0 Å². The summed E-state index contributed by atoms with van der Waals surface area (Å²) in [6.45, 7) is 11.3. The summed E-state index contributed by atoms with van der Waals surface area (Å²) >= 11 is 0. The minimum Gasteiger partial charge on any atom is -0.508 e. The van der Waals surface area contributed by atoms with Crippen LogP contribution in [0.25, 0.3) is 0 Å². The first-order valence-corrected chi connectivity index (χ1v) is 15.2. The number of amides is 1. The zero-order valence-electron chi connectivity index (χ0n) is 23.8. The molecule has 5 heterocycles. The number of phenols is 1. The number of phenolic OH excluding ortho intramolecular Hbond substituents is 1. The van der Waals surface area contributed by atoms with E-state index in [1.165, 1.54) is 35.6 Å². The summed E-state index contributed by atoms with van der Waals surface area (Å²) in [6.07, 6.45) is 8.02. The van der Waals surface area contributed by atoms with Gasteiger partial charge < -0.3 is 29.3 Å². The lowest BCUT2D eigenvalue weighted by Crippen LogP contribution is -2.70. The molecule has 4 aliphatic heterocycles. The quantitative estimate of drug-likeness (QED) is 0.386. The number of hydrogen-bond acceptors (Lipinski definition) is 9. The minimum absolute atomic E-state index is 0.0227. The molecule has 2 aromatic rings. The number of morpholine rings is 1. The molecule has 5 aliphatic rings. The molecule has 10 nitrogen and oxygen atoms in total. The van der Waals surface area contributed by atoms with Crippen LogP contribution in [-0.4, -0.2) is 102 Å². The molecule has 1 aliphatic carbocycles. The molecule has 41 heavy (non-hydrogen) atoms. The second kappa shape index (κ2) is 11.1. The van der Waals surface area contributed by atoms with Gasteiger partial charge in [-0.2, -0.15) is 9.97 Å². The fourth-order valence-electron chi connectivity index (χ4n) is 7.05. The molecule has 2 atom stereocenters. The van der Waals surface area contributed by atoms with Gasteiger partial charge in [-0.15, -0.1) is 0 Å². The molecule has 10 heteroatoms. The SMILES string of the molecule is C=CC(=O)N1CCN(c2nc(OCCCN3CC4OCC43)nc3c2CCN(c2cc(O)cc4c2CCCC4)C3)CC1. The zero-order valence-corrected chi connectivity index (χ0v) is 23.8. The molecule has 3 saturated heterocycles. The topological polar surface area (TPSA) is 94.5 Å². The van der Waals surface area contributed by atoms with E-state index in [9.17, 15) is 9.90 Å². The van der Waals surface area contributed by atoms with E-state index < -0.39 is 0 Å². The van der Waals surface area contributed by atoms with Crippen molar-refractivity contribution in [3.8, 4) is 11.8 Å². The van der Waals surface area contributed by atoms with Crippen LogP contribution in [0.1, 0.15) is 41.6 Å². The van der Waals surface area contributed by atoms with Gasteiger partial charge in [0.2, 0.25) is 5.91 Å². The lowest BCUT2D eigenvalue weighted by Gasteiger charge is -2.55. The van der Waals surface area contributed by atoms with E-state index in [4.69, 9.17) is 19.4 Å². The van der Waals surface area contributed by atoms with Crippen LogP contribution in [0.4, 0.5) is 11.5 Å². The van der Waals surface area contributed by atoms with Crippen LogP contribution in [0.5, 0.6) is 11.8 Å². The Morgan fingerprint density at radius 3 is 2.68 bits per heavy atom. The third-order valence-corrected chi connectivity index (χ3v) is 9.47. The van der Waals surface area contributed by atoms with Crippen molar-refractivity contribution in [1.82, 2.24) is 19.8 Å². The molecule has 0 radical (unpaired) electrons. The number of nitrogens with zero attached hydrogens (tertiary/aromatic N) is 6. The number of hydrogen-bond donors (Lipinski definition) is 1. The number of aryl methyl sites for hydroxylation is 1. The minimum atomic E-state index is -0.0227. The maximum Gasteiger partial charge on any atom is 0.318 e. The third kappa shape index (κ3) is 5.12. The van der Waals surface area contributed by atoms with Gasteiger partial charge in [0.25, 0.3) is 0 Å². The second-order valence-electron chi connectivity index (χ2n) is 11.9. The van der Waals surface area contributed by atoms with Crippen molar-refractivity contribution in [3.63, 3.8) is 0 Å². The molecule has 1 aromatic heterocycles. The van der Waals surface area contributed by atoms with Gasteiger partial charge in [0.1, 0.15) is 11.6 Å². The number of carbonyl (C=O) groups excluding carboxylic acids is 1. The van der Waals surface area contributed by atoms with Gasteiger partial charge in [0, 0.05) is 63.1 Å². The average molecular weight is 561 g/mol. The first kappa shape index (κ1) is 26.5. The maximum atomic E-state index is 12.2. The lowest BCUT2D eigenvalue weighted by atomic mass is 9.89. The largest absolute Gasteiger partial charge is 0.508 e. The molecule has 0 spiro atoms. The Morgan fingerprint density at radius 1 is 1.07 bits per heavy atom. The fourth-order valence-corrected chi connectivity index (χ4v) is 7.05. The number of fused-ring (bicyclic) bond motifs is 3. The van der Waals surface area contributed by atoms with E-state index >= 15 is 0 Å². The highest BCUT2D eigenvalue weighted by molar-refractivity contribution is 5.87. The highest BCUT2D eigenvalue weighted by atomic mass is 16.5. The van der Waals surface area contributed by atoms with Gasteiger partial charge in [0.15, 0.2) is 0 Å². The van der Waals surface area contributed by atoms with E-state index in [-0.39, 0.29) is 5.91 Å². The Kier molecular flexibility index (Phi) is 7.20. The van der Waals surface area contributed by atoms with Crippen molar-refractivity contribution in [2.24, 2.45) is 0 Å². The van der Waals surface area contributed by atoms with Crippen LogP contribution in [0.2, 0.25) is 0 Å². The van der Waals surface area contributed by atoms with Crippen molar-refractivity contribution in [3.05, 3.63) is 47.2 Å². The summed E-state index contributed by atoms with van der Waals surface area (Å²) in [7, 11) is 0.